The molecule has 0 spiro atoms. The minimum absolute atomic E-state index is 0.297. The molecule has 0 bridgehead atoms. The predicted molar refractivity (Wildman–Crippen MR) is 70.9 cm³/mol. The molecule has 90 valence electrons. The molecule has 0 aliphatic rings. The average molecular weight is 271 g/mol. The number of benzene rings is 1. The summed E-state index contributed by atoms with van der Waals surface area (Å²) in [6.45, 7) is 2.06. The lowest BCUT2D eigenvalue weighted by Crippen LogP contribution is -1.91. The summed E-state index contributed by atoms with van der Waals surface area (Å²) >= 11 is 7.38. The van der Waals surface area contributed by atoms with Crippen LogP contribution in [-0.2, 0) is 6.42 Å². The number of halogens is 2. The van der Waals surface area contributed by atoms with Crippen molar-refractivity contribution in [3.8, 4) is 11.3 Å². The lowest BCUT2D eigenvalue weighted by molar-refractivity contribution is 0.631. The Hall–Kier alpha value is -1.13. The Kier molecular flexibility index (Phi) is 3.64. The molecule has 0 saturated carbocycles. The molecular formula is C12H12ClFN2S. The molecule has 1 aromatic heterocycles. The maximum absolute atomic E-state index is 13.7. The van der Waals surface area contributed by atoms with Crippen molar-refractivity contribution < 1.29 is 4.39 Å². The first-order valence-electron chi connectivity index (χ1n) is 5.33. The van der Waals surface area contributed by atoms with E-state index in [-0.39, 0.29) is 0 Å². The monoisotopic (exact) mass is 270 g/mol. The Bertz CT molecular complexity index is 519. The van der Waals surface area contributed by atoms with Crippen LogP contribution in [0.15, 0.2) is 18.2 Å². The zero-order valence-corrected chi connectivity index (χ0v) is 10.9. The van der Waals surface area contributed by atoms with Gasteiger partial charge in [-0.15, -0.1) is 11.3 Å². The molecule has 2 aromatic rings. The van der Waals surface area contributed by atoms with Gasteiger partial charge in [-0.05, 0) is 25.0 Å². The van der Waals surface area contributed by atoms with E-state index in [4.69, 9.17) is 17.3 Å². The number of nitrogens with zero attached hydrogens (tertiary/aromatic N) is 1. The first kappa shape index (κ1) is 12.3. The molecule has 0 atom stereocenters. The van der Waals surface area contributed by atoms with E-state index in [9.17, 15) is 4.39 Å². The van der Waals surface area contributed by atoms with Crippen LogP contribution in [0.25, 0.3) is 11.3 Å². The number of thiazole rings is 1. The van der Waals surface area contributed by atoms with Crippen LogP contribution >= 0.6 is 22.9 Å². The summed E-state index contributed by atoms with van der Waals surface area (Å²) in [4.78, 5) is 4.36. The second-order valence-electron chi connectivity index (χ2n) is 3.67. The molecular weight excluding hydrogens is 259 g/mol. The van der Waals surface area contributed by atoms with Crippen molar-refractivity contribution >= 4 is 27.9 Å². The van der Waals surface area contributed by atoms with Gasteiger partial charge in [0.25, 0.3) is 0 Å². The van der Waals surface area contributed by atoms with Crippen molar-refractivity contribution in [3.63, 3.8) is 0 Å². The van der Waals surface area contributed by atoms with E-state index in [2.05, 4.69) is 11.9 Å². The molecule has 2 N–H and O–H groups in total. The van der Waals surface area contributed by atoms with Crippen molar-refractivity contribution in [2.45, 2.75) is 19.8 Å². The Labute approximate surface area is 108 Å². The van der Waals surface area contributed by atoms with Gasteiger partial charge in [0.2, 0.25) is 0 Å². The number of rotatable bonds is 3. The van der Waals surface area contributed by atoms with Crippen molar-refractivity contribution in [1.82, 2.24) is 4.98 Å². The predicted octanol–water partition coefficient (Wildman–Crippen LogP) is 4.14. The van der Waals surface area contributed by atoms with Gasteiger partial charge in [0.15, 0.2) is 0 Å². The molecule has 1 heterocycles. The highest BCUT2D eigenvalue weighted by Crippen LogP contribution is 2.36. The number of aryl methyl sites for hydroxylation is 1. The van der Waals surface area contributed by atoms with Crippen LogP contribution in [0.5, 0.6) is 0 Å². The van der Waals surface area contributed by atoms with Crippen LogP contribution in [0.4, 0.5) is 9.39 Å². The Morgan fingerprint density at radius 2 is 2.24 bits per heavy atom. The lowest BCUT2D eigenvalue weighted by Gasteiger charge is -2.03. The molecule has 0 aliphatic carbocycles. The van der Waals surface area contributed by atoms with Crippen LogP contribution in [0.1, 0.15) is 18.4 Å². The van der Waals surface area contributed by atoms with E-state index in [1.54, 1.807) is 12.1 Å². The van der Waals surface area contributed by atoms with E-state index < -0.39 is 5.82 Å². The van der Waals surface area contributed by atoms with Crippen LogP contribution in [0.3, 0.4) is 0 Å². The fourth-order valence-electron chi connectivity index (χ4n) is 1.60. The third-order valence-electron chi connectivity index (χ3n) is 2.36. The van der Waals surface area contributed by atoms with Gasteiger partial charge in [-0.25, -0.2) is 9.37 Å². The van der Waals surface area contributed by atoms with E-state index >= 15 is 0 Å². The SMILES string of the molecule is CCCc1nc(-c2c(F)cccc2Cl)c(N)s1. The molecule has 0 fully saturated rings. The molecule has 1 aromatic carbocycles. The summed E-state index contributed by atoms with van der Waals surface area (Å²) in [6, 6.07) is 4.56. The summed E-state index contributed by atoms with van der Waals surface area (Å²) in [5, 5.41) is 1.77. The fraction of sp³-hybridized carbons (Fsp3) is 0.250. The van der Waals surface area contributed by atoms with Gasteiger partial charge in [0, 0.05) is 0 Å². The van der Waals surface area contributed by atoms with Gasteiger partial charge in [-0.3, -0.25) is 0 Å². The first-order valence-corrected chi connectivity index (χ1v) is 6.52. The minimum atomic E-state index is -0.391. The molecule has 0 unspecified atom stereocenters. The van der Waals surface area contributed by atoms with Crippen molar-refractivity contribution in [2.75, 3.05) is 5.73 Å². The number of hydrogen-bond donors (Lipinski definition) is 1. The van der Waals surface area contributed by atoms with Gasteiger partial charge in [0.1, 0.15) is 16.5 Å². The minimum Gasteiger partial charge on any atom is -0.389 e. The second-order valence-corrected chi connectivity index (χ2v) is 5.19. The molecule has 0 aliphatic heterocycles. The molecule has 17 heavy (non-hydrogen) atoms. The highest BCUT2D eigenvalue weighted by molar-refractivity contribution is 7.16. The summed E-state index contributed by atoms with van der Waals surface area (Å²) in [5.41, 5.74) is 6.63. The smallest absolute Gasteiger partial charge is 0.134 e. The number of aromatic nitrogens is 1. The van der Waals surface area contributed by atoms with Crippen molar-refractivity contribution in [1.29, 1.82) is 0 Å². The Balaban J connectivity index is 2.52. The zero-order valence-electron chi connectivity index (χ0n) is 9.34. The second kappa shape index (κ2) is 5.02. The first-order chi connectivity index (χ1) is 8.13. The normalized spacial score (nSPS) is 10.8. The average Bonchev–Trinajstić information content (AvgIpc) is 2.60. The highest BCUT2D eigenvalue weighted by atomic mass is 35.5. The van der Waals surface area contributed by atoms with Gasteiger partial charge < -0.3 is 5.73 Å². The summed E-state index contributed by atoms with van der Waals surface area (Å²) < 4.78 is 13.7. The molecule has 0 saturated heterocycles. The number of nitrogens with two attached hydrogens (primary N) is 1. The number of hydrogen-bond acceptors (Lipinski definition) is 3. The van der Waals surface area contributed by atoms with Gasteiger partial charge in [0.05, 0.1) is 15.6 Å². The van der Waals surface area contributed by atoms with Gasteiger partial charge in [-0.1, -0.05) is 24.6 Å². The van der Waals surface area contributed by atoms with Crippen molar-refractivity contribution in [3.05, 3.63) is 34.0 Å². The van der Waals surface area contributed by atoms with E-state index in [0.717, 1.165) is 17.8 Å². The van der Waals surface area contributed by atoms with E-state index in [0.29, 0.717) is 21.3 Å². The largest absolute Gasteiger partial charge is 0.389 e. The molecule has 5 heteroatoms. The third-order valence-corrected chi connectivity index (χ3v) is 3.62. The molecule has 0 amide bonds. The summed E-state index contributed by atoms with van der Waals surface area (Å²) in [7, 11) is 0. The van der Waals surface area contributed by atoms with Crippen molar-refractivity contribution in [2.24, 2.45) is 0 Å². The van der Waals surface area contributed by atoms with E-state index in [1.165, 1.54) is 17.4 Å². The quantitative estimate of drug-likeness (QED) is 0.910. The molecule has 2 nitrogen and oxygen atoms in total. The lowest BCUT2D eigenvalue weighted by atomic mass is 10.1. The third kappa shape index (κ3) is 2.42. The van der Waals surface area contributed by atoms with Gasteiger partial charge >= 0.3 is 0 Å². The topological polar surface area (TPSA) is 38.9 Å². The maximum Gasteiger partial charge on any atom is 0.134 e. The zero-order chi connectivity index (χ0) is 12.4. The molecule has 2 rings (SSSR count). The highest BCUT2D eigenvalue weighted by Gasteiger charge is 2.16. The Morgan fingerprint density at radius 1 is 1.47 bits per heavy atom. The number of anilines is 1. The number of nitrogen functional groups attached to an aromatic ring is 1. The van der Waals surface area contributed by atoms with Crippen LogP contribution in [0, 0.1) is 5.82 Å². The van der Waals surface area contributed by atoms with Crippen LogP contribution in [-0.4, -0.2) is 4.98 Å². The van der Waals surface area contributed by atoms with Crippen LogP contribution < -0.4 is 5.73 Å². The fourth-order valence-corrected chi connectivity index (χ4v) is 2.80. The maximum atomic E-state index is 13.7. The van der Waals surface area contributed by atoms with Crippen LogP contribution in [0.2, 0.25) is 5.02 Å². The standard InChI is InChI=1S/C12H12ClFN2S/c1-2-4-9-16-11(12(15)17-9)10-7(13)5-3-6-8(10)14/h3,5-6H,2,4,15H2,1H3. The van der Waals surface area contributed by atoms with E-state index in [1.807, 2.05) is 0 Å². The Morgan fingerprint density at radius 3 is 2.88 bits per heavy atom. The summed E-state index contributed by atoms with van der Waals surface area (Å²) in [5.74, 6) is -0.391. The van der Waals surface area contributed by atoms with Gasteiger partial charge in [-0.2, -0.15) is 0 Å². The molecule has 0 radical (unpaired) electrons. The summed E-state index contributed by atoms with van der Waals surface area (Å²) in [6.07, 6.45) is 1.83.